The lowest BCUT2D eigenvalue weighted by Gasteiger charge is -2.41. The van der Waals surface area contributed by atoms with Gasteiger partial charge in [0.15, 0.2) is 12.4 Å². The van der Waals surface area contributed by atoms with Gasteiger partial charge in [-0.1, -0.05) is 320 Å². The molecule has 1 rings (SSSR count). The average molecular weight is 1170 g/mol. The fourth-order valence-electron chi connectivity index (χ4n) is 11.4. The smallest absolute Gasteiger partial charge is 0.306 e. The number of esters is 1. The Morgan fingerprint density at radius 3 is 1.25 bits per heavy atom. The molecule has 1 fully saturated rings. The van der Waals surface area contributed by atoms with Crippen LogP contribution in [0.25, 0.3) is 0 Å². The van der Waals surface area contributed by atoms with Crippen LogP contribution in [0, 0.1) is 0 Å². The summed E-state index contributed by atoms with van der Waals surface area (Å²) in [5, 5.41) is 57.2. The lowest BCUT2D eigenvalue weighted by Crippen LogP contribution is -2.61. The minimum Gasteiger partial charge on any atom is -0.454 e. The largest absolute Gasteiger partial charge is 0.454 e. The minimum atomic E-state index is -1.61. The molecular formula is C72H135NO10. The van der Waals surface area contributed by atoms with Gasteiger partial charge < -0.3 is 45.1 Å². The van der Waals surface area contributed by atoms with Crippen molar-refractivity contribution < 1.29 is 49.3 Å². The molecule has 8 unspecified atom stereocenters. The van der Waals surface area contributed by atoms with E-state index in [1.165, 1.54) is 238 Å². The number of aliphatic hydroxyl groups is 5. The summed E-state index contributed by atoms with van der Waals surface area (Å²) in [6.45, 7) is 5.81. The molecule has 1 amide bonds. The van der Waals surface area contributed by atoms with Gasteiger partial charge in [-0.05, 0) is 57.8 Å². The molecule has 0 radical (unpaired) electrons. The van der Waals surface area contributed by atoms with Crippen molar-refractivity contribution in [1.82, 2.24) is 5.32 Å². The highest BCUT2D eigenvalue weighted by atomic mass is 16.7. The first kappa shape index (κ1) is 78.9. The van der Waals surface area contributed by atoms with E-state index in [-0.39, 0.29) is 13.0 Å². The normalized spacial score (nSPS) is 18.7. The van der Waals surface area contributed by atoms with E-state index in [9.17, 15) is 35.1 Å². The Balaban J connectivity index is 2.53. The van der Waals surface area contributed by atoms with Crippen molar-refractivity contribution >= 4 is 11.9 Å². The van der Waals surface area contributed by atoms with Crippen LogP contribution in [0.1, 0.15) is 348 Å². The third-order valence-corrected chi connectivity index (χ3v) is 17.0. The Labute approximate surface area is 511 Å². The zero-order valence-electron chi connectivity index (χ0n) is 54.3. The molecule has 6 N–H and O–H groups in total. The third-order valence-electron chi connectivity index (χ3n) is 17.0. The van der Waals surface area contributed by atoms with Crippen LogP contribution in [0.4, 0.5) is 0 Å². The van der Waals surface area contributed by atoms with Crippen LogP contribution in [-0.4, -0.2) is 99.6 Å². The zero-order valence-corrected chi connectivity index (χ0v) is 54.3. The summed E-state index contributed by atoms with van der Waals surface area (Å²) in [5.74, 6) is -1.18. The summed E-state index contributed by atoms with van der Waals surface area (Å²) in [5.41, 5.74) is 0. The highest BCUT2D eigenvalue weighted by molar-refractivity contribution is 5.80. The van der Waals surface area contributed by atoms with Crippen LogP contribution in [0.3, 0.4) is 0 Å². The first-order chi connectivity index (χ1) is 40.7. The summed E-state index contributed by atoms with van der Waals surface area (Å²) < 4.78 is 17.7. The molecule has 1 aliphatic rings. The van der Waals surface area contributed by atoms with Gasteiger partial charge in [-0.2, -0.15) is 0 Å². The first-order valence-corrected chi connectivity index (χ1v) is 35.8. The second-order valence-corrected chi connectivity index (χ2v) is 25.0. The standard InChI is InChI=1S/C72H135NO10/c1-4-7-10-13-16-19-22-24-26-28-30-31-32-33-34-35-36-38-40-42-45-48-51-54-57-60-67(77)83-70-69(79)68(78)66(61-74)82-72(70)81-62-63(64(75)58-55-52-49-46-43-21-18-15-12-9-6-3)73-71(80)65(76)59-56-53-50-47-44-41-39-37-29-27-25-23-20-17-14-11-8-5-2/h16,19,24,26,55,58,63-66,68-70,72,74-76,78-79H,4-15,17-18,20-23,25,27-54,56-57,59-62H2,1-3H3,(H,73,80)/b19-16-,26-24-,58-55+. The topological polar surface area (TPSA) is 175 Å². The van der Waals surface area contributed by atoms with Crippen LogP contribution >= 0.6 is 0 Å². The van der Waals surface area contributed by atoms with Crippen molar-refractivity contribution in [2.45, 2.75) is 397 Å². The molecule has 488 valence electrons. The highest BCUT2D eigenvalue weighted by Gasteiger charge is 2.47. The van der Waals surface area contributed by atoms with Crippen molar-refractivity contribution in [1.29, 1.82) is 0 Å². The third kappa shape index (κ3) is 47.6. The van der Waals surface area contributed by atoms with Gasteiger partial charge in [0.05, 0.1) is 25.4 Å². The SMILES string of the molecule is CCCCC/C=C\C/C=C\CCCCCCCCCCCCCCCCCC(=O)OC1C(OCC(NC(=O)C(O)CCCCCCCCCCCCCCCCCCCC)C(O)/C=C/CCCCCCCCCCC)OC(CO)C(O)C1O. The Morgan fingerprint density at radius 2 is 0.831 bits per heavy atom. The van der Waals surface area contributed by atoms with Gasteiger partial charge in [-0.3, -0.25) is 9.59 Å². The van der Waals surface area contributed by atoms with Crippen molar-refractivity contribution in [3.05, 3.63) is 36.5 Å². The molecule has 11 heteroatoms. The average Bonchev–Trinajstić information content (AvgIpc) is 3.67. The van der Waals surface area contributed by atoms with Crippen LogP contribution in [0.15, 0.2) is 36.5 Å². The highest BCUT2D eigenvalue weighted by Crippen LogP contribution is 2.26. The van der Waals surface area contributed by atoms with Crippen molar-refractivity contribution in [3.8, 4) is 0 Å². The summed E-state index contributed by atoms with van der Waals surface area (Å²) in [4.78, 5) is 26.7. The summed E-state index contributed by atoms with van der Waals surface area (Å²) in [6, 6.07) is -1.02. The van der Waals surface area contributed by atoms with E-state index in [0.717, 1.165) is 64.2 Å². The van der Waals surface area contributed by atoms with Crippen LogP contribution in [0.2, 0.25) is 0 Å². The molecule has 0 aromatic heterocycles. The number of carbonyl (C=O) groups excluding carboxylic acids is 2. The second-order valence-electron chi connectivity index (χ2n) is 25.0. The number of hydrogen-bond acceptors (Lipinski definition) is 10. The number of ether oxygens (including phenoxy) is 3. The predicted molar refractivity (Wildman–Crippen MR) is 347 cm³/mol. The lowest BCUT2D eigenvalue weighted by molar-refractivity contribution is -0.305. The number of carbonyl (C=O) groups is 2. The molecule has 83 heavy (non-hydrogen) atoms. The number of aliphatic hydroxyl groups excluding tert-OH is 5. The van der Waals surface area contributed by atoms with Gasteiger partial charge in [0.2, 0.25) is 5.91 Å². The molecular weight excluding hydrogens is 1040 g/mol. The Bertz CT molecular complexity index is 1490. The fraction of sp³-hybridized carbons (Fsp3) is 0.889. The maximum absolute atomic E-state index is 13.5. The number of rotatable bonds is 62. The van der Waals surface area contributed by atoms with E-state index in [2.05, 4.69) is 50.4 Å². The molecule has 1 saturated heterocycles. The Morgan fingerprint density at radius 1 is 0.470 bits per heavy atom. The number of unbranched alkanes of at least 4 members (excludes halogenated alkanes) is 44. The second kappa shape index (κ2) is 60.2. The quantitative estimate of drug-likeness (QED) is 0.0195. The maximum Gasteiger partial charge on any atom is 0.306 e. The molecule has 0 bridgehead atoms. The van der Waals surface area contributed by atoms with E-state index in [4.69, 9.17) is 14.2 Å². The van der Waals surface area contributed by atoms with Gasteiger partial charge in [-0.25, -0.2) is 0 Å². The summed E-state index contributed by atoms with van der Waals surface area (Å²) >= 11 is 0. The van der Waals surface area contributed by atoms with E-state index in [0.29, 0.717) is 19.3 Å². The van der Waals surface area contributed by atoms with E-state index < -0.39 is 67.4 Å². The van der Waals surface area contributed by atoms with Crippen molar-refractivity contribution in [2.75, 3.05) is 13.2 Å². The summed E-state index contributed by atoms with van der Waals surface area (Å²) in [7, 11) is 0. The fourth-order valence-corrected chi connectivity index (χ4v) is 11.4. The molecule has 0 spiro atoms. The molecule has 0 aromatic rings. The maximum atomic E-state index is 13.5. The number of allylic oxidation sites excluding steroid dienone is 5. The van der Waals surface area contributed by atoms with Crippen molar-refractivity contribution in [3.63, 3.8) is 0 Å². The van der Waals surface area contributed by atoms with Gasteiger partial charge in [0.25, 0.3) is 0 Å². The molecule has 0 aromatic carbocycles. The molecule has 1 heterocycles. The first-order valence-electron chi connectivity index (χ1n) is 35.8. The molecule has 0 aliphatic carbocycles. The molecule has 0 saturated carbocycles. The van der Waals surface area contributed by atoms with Crippen LogP contribution < -0.4 is 5.32 Å². The van der Waals surface area contributed by atoms with Crippen LogP contribution in [-0.2, 0) is 23.8 Å². The number of amides is 1. The lowest BCUT2D eigenvalue weighted by atomic mass is 9.99. The number of hydrogen-bond donors (Lipinski definition) is 6. The molecule has 11 nitrogen and oxygen atoms in total. The minimum absolute atomic E-state index is 0.127. The molecule has 8 atom stereocenters. The zero-order chi connectivity index (χ0) is 60.3. The van der Waals surface area contributed by atoms with Gasteiger partial charge in [0.1, 0.15) is 24.4 Å². The van der Waals surface area contributed by atoms with E-state index >= 15 is 0 Å². The summed E-state index contributed by atoms with van der Waals surface area (Å²) in [6.07, 6.45) is 63.3. The van der Waals surface area contributed by atoms with E-state index in [1.807, 2.05) is 6.08 Å². The van der Waals surface area contributed by atoms with Crippen molar-refractivity contribution in [2.24, 2.45) is 0 Å². The molecule has 1 aliphatic heterocycles. The Kier molecular flexibility index (Phi) is 57.2. The predicted octanol–water partition coefficient (Wildman–Crippen LogP) is 18.2. The monoisotopic (exact) mass is 1170 g/mol. The number of nitrogens with one attached hydrogen (secondary N) is 1. The van der Waals surface area contributed by atoms with Gasteiger partial charge in [0, 0.05) is 6.42 Å². The van der Waals surface area contributed by atoms with Gasteiger partial charge in [-0.15, -0.1) is 0 Å². The Hall–Kier alpha value is -2.12. The van der Waals surface area contributed by atoms with E-state index in [1.54, 1.807) is 6.08 Å². The van der Waals surface area contributed by atoms with Crippen LogP contribution in [0.5, 0.6) is 0 Å². The van der Waals surface area contributed by atoms with Gasteiger partial charge >= 0.3 is 5.97 Å².